The van der Waals surface area contributed by atoms with Gasteiger partial charge in [0.2, 0.25) is 0 Å². The molecular weight excluding hydrogens is 138 g/mol. The molecule has 0 aromatic carbocycles. The summed E-state index contributed by atoms with van der Waals surface area (Å²) in [5, 5.41) is 8.55. The summed E-state index contributed by atoms with van der Waals surface area (Å²) in [5.41, 5.74) is 2.63. The maximum Gasteiger partial charge on any atom is 0.0614 e. The van der Waals surface area contributed by atoms with Crippen molar-refractivity contribution in [3.8, 4) is 0 Å². The highest BCUT2D eigenvalue weighted by Gasteiger charge is 1.86. The standard InChI is InChI=1S/C10H18O/c1-9(2)5-4-6-10(3)7-8-11/h5,7,11H,4,6,8H2,1-3H3/b10-7+/i1+1,9+1/b9-5?,10-7+. The van der Waals surface area contributed by atoms with Gasteiger partial charge in [0.1, 0.15) is 0 Å². The van der Waals surface area contributed by atoms with Crippen LogP contribution in [-0.4, -0.2) is 11.7 Å². The Bertz CT molecular complexity index is 150. The molecule has 0 rings (SSSR count). The number of allylic oxidation sites excluding steroid dienone is 3. The van der Waals surface area contributed by atoms with Gasteiger partial charge in [0.15, 0.2) is 0 Å². The van der Waals surface area contributed by atoms with Crippen LogP contribution in [0.15, 0.2) is 23.3 Å². The minimum absolute atomic E-state index is 0.167. The van der Waals surface area contributed by atoms with Gasteiger partial charge in [-0.1, -0.05) is 23.3 Å². The zero-order valence-electron chi connectivity index (χ0n) is 7.72. The molecule has 1 nitrogen and oxygen atoms in total. The van der Waals surface area contributed by atoms with Crippen LogP contribution < -0.4 is 0 Å². The molecule has 0 bridgehead atoms. The van der Waals surface area contributed by atoms with Crippen molar-refractivity contribution >= 4 is 0 Å². The second-order valence-corrected chi connectivity index (χ2v) is 3.05. The van der Waals surface area contributed by atoms with Crippen molar-refractivity contribution < 1.29 is 5.11 Å². The lowest BCUT2D eigenvalue weighted by atomic mass is 10.1. The van der Waals surface area contributed by atoms with Gasteiger partial charge in [-0.15, -0.1) is 0 Å². The molecule has 0 aliphatic rings. The van der Waals surface area contributed by atoms with Gasteiger partial charge in [-0.2, -0.15) is 0 Å². The minimum Gasteiger partial charge on any atom is -0.392 e. The van der Waals surface area contributed by atoms with Crippen LogP contribution in [0.3, 0.4) is 0 Å². The Labute approximate surface area is 69.4 Å². The summed E-state index contributed by atoms with van der Waals surface area (Å²) in [6.07, 6.45) is 6.23. The molecule has 0 spiro atoms. The van der Waals surface area contributed by atoms with Crippen LogP contribution >= 0.6 is 0 Å². The maximum atomic E-state index is 8.55. The van der Waals surface area contributed by atoms with Gasteiger partial charge in [0, 0.05) is 0 Å². The highest BCUT2D eigenvalue weighted by Crippen LogP contribution is 2.05. The molecular formula is C10H18O. The van der Waals surface area contributed by atoms with Crippen molar-refractivity contribution in [1.82, 2.24) is 0 Å². The molecule has 64 valence electrons. The maximum absolute atomic E-state index is 8.55. The van der Waals surface area contributed by atoms with E-state index >= 15 is 0 Å². The molecule has 0 aromatic rings. The number of hydrogen-bond donors (Lipinski definition) is 1. The van der Waals surface area contributed by atoms with Crippen molar-refractivity contribution in [1.29, 1.82) is 0 Å². The van der Waals surface area contributed by atoms with Gasteiger partial charge in [0.05, 0.1) is 6.61 Å². The Morgan fingerprint density at radius 1 is 1.18 bits per heavy atom. The molecule has 0 amide bonds. The van der Waals surface area contributed by atoms with E-state index < -0.39 is 0 Å². The monoisotopic (exact) mass is 156 g/mol. The lowest BCUT2D eigenvalue weighted by Gasteiger charge is -1.96. The normalized spacial score (nSPS) is 13.8. The smallest absolute Gasteiger partial charge is 0.0614 e. The Kier molecular flexibility index (Phi) is 5.86. The highest BCUT2D eigenvalue weighted by atomic mass is 16.2. The average molecular weight is 156 g/mol. The Balaban J connectivity index is 3.54. The summed E-state index contributed by atoms with van der Waals surface area (Å²) in [6.45, 7) is 6.42. The van der Waals surface area contributed by atoms with Gasteiger partial charge < -0.3 is 5.11 Å². The molecule has 0 aromatic heterocycles. The van der Waals surface area contributed by atoms with Crippen LogP contribution in [-0.2, 0) is 0 Å². The van der Waals surface area contributed by atoms with E-state index in [2.05, 4.69) is 26.8 Å². The Hall–Kier alpha value is -0.560. The van der Waals surface area contributed by atoms with E-state index in [4.69, 9.17) is 5.11 Å². The van der Waals surface area contributed by atoms with Gasteiger partial charge in [-0.25, -0.2) is 0 Å². The first-order valence-corrected chi connectivity index (χ1v) is 4.06. The molecule has 1 heteroatoms. The third-order valence-electron chi connectivity index (χ3n) is 1.53. The van der Waals surface area contributed by atoms with Crippen molar-refractivity contribution in [3.63, 3.8) is 0 Å². The number of hydrogen-bond acceptors (Lipinski definition) is 1. The lowest BCUT2D eigenvalue weighted by Crippen LogP contribution is -1.80. The van der Waals surface area contributed by atoms with E-state index in [0.29, 0.717) is 0 Å². The first-order valence-electron chi connectivity index (χ1n) is 4.06. The van der Waals surface area contributed by atoms with Crippen LogP contribution in [0.1, 0.15) is 33.6 Å². The molecule has 11 heavy (non-hydrogen) atoms. The summed E-state index contributed by atoms with van der Waals surface area (Å²) in [7, 11) is 0. The first-order chi connectivity index (χ1) is 5.16. The quantitative estimate of drug-likeness (QED) is 0.490. The molecule has 0 radical (unpaired) electrons. The summed E-state index contributed by atoms with van der Waals surface area (Å²) in [5.74, 6) is 0. The summed E-state index contributed by atoms with van der Waals surface area (Å²) in [6, 6.07) is 0. The van der Waals surface area contributed by atoms with Crippen LogP contribution in [0.4, 0.5) is 0 Å². The van der Waals surface area contributed by atoms with Crippen molar-refractivity contribution in [3.05, 3.63) is 23.3 Å². The highest BCUT2D eigenvalue weighted by molar-refractivity contribution is 5.01. The predicted molar refractivity (Wildman–Crippen MR) is 49.5 cm³/mol. The second kappa shape index (κ2) is 6.17. The van der Waals surface area contributed by atoms with E-state index in [1.165, 1.54) is 11.1 Å². The molecule has 0 saturated carbocycles. The minimum atomic E-state index is 0.167. The molecule has 0 unspecified atom stereocenters. The summed E-state index contributed by atoms with van der Waals surface area (Å²) in [4.78, 5) is 0. The summed E-state index contributed by atoms with van der Waals surface area (Å²) >= 11 is 0. The predicted octanol–water partition coefficient (Wildman–Crippen LogP) is 2.67. The van der Waals surface area contributed by atoms with E-state index in [1.54, 1.807) is 0 Å². The van der Waals surface area contributed by atoms with Gasteiger partial charge in [-0.05, 0) is 33.6 Å². The lowest BCUT2D eigenvalue weighted by molar-refractivity contribution is 0.341. The summed E-state index contributed by atoms with van der Waals surface area (Å²) < 4.78 is 0. The number of aliphatic hydroxyl groups excluding tert-OH is 1. The van der Waals surface area contributed by atoms with Gasteiger partial charge >= 0.3 is 0 Å². The fraction of sp³-hybridized carbons (Fsp3) is 0.600. The van der Waals surface area contributed by atoms with Crippen LogP contribution in [0.2, 0.25) is 0 Å². The number of aliphatic hydroxyl groups is 1. The van der Waals surface area contributed by atoms with Crippen molar-refractivity contribution in [2.45, 2.75) is 33.6 Å². The van der Waals surface area contributed by atoms with E-state index in [-0.39, 0.29) is 6.61 Å². The fourth-order valence-electron chi connectivity index (χ4n) is 0.846. The van der Waals surface area contributed by atoms with Gasteiger partial charge in [0.25, 0.3) is 0 Å². The SMILES string of the molecule is C/C(=C\CO)CCC=[13C](C)[13CH3]. The Morgan fingerprint density at radius 2 is 1.82 bits per heavy atom. The van der Waals surface area contributed by atoms with Gasteiger partial charge in [-0.3, -0.25) is 0 Å². The first kappa shape index (κ1) is 10.4. The molecule has 0 fully saturated rings. The molecule has 0 atom stereocenters. The zero-order chi connectivity index (χ0) is 8.69. The average Bonchev–Trinajstić information content (AvgIpc) is 1.87. The van der Waals surface area contributed by atoms with Crippen molar-refractivity contribution in [2.24, 2.45) is 0 Å². The Morgan fingerprint density at radius 3 is 2.27 bits per heavy atom. The van der Waals surface area contributed by atoms with E-state index in [1.807, 2.05) is 6.08 Å². The largest absolute Gasteiger partial charge is 0.392 e. The van der Waals surface area contributed by atoms with Crippen LogP contribution in [0.5, 0.6) is 0 Å². The second-order valence-electron chi connectivity index (χ2n) is 3.05. The third kappa shape index (κ3) is 7.34. The van der Waals surface area contributed by atoms with E-state index in [0.717, 1.165) is 12.8 Å². The fourth-order valence-corrected chi connectivity index (χ4v) is 0.846. The third-order valence-corrected chi connectivity index (χ3v) is 1.53. The molecule has 0 saturated heterocycles. The van der Waals surface area contributed by atoms with E-state index in [9.17, 15) is 0 Å². The molecule has 0 heterocycles. The topological polar surface area (TPSA) is 20.2 Å². The number of rotatable bonds is 4. The zero-order valence-corrected chi connectivity index (χ0v) is 7.72. The molecule has 0 aliphatic carbocycles. The van der Waals surface area contributed by atoms with Crippen LogP contribution in [0, 0.1) is 0 Å². The molecule has 0 aliphatic heterocycles. The van der Waals surface area contributed by atoms with Crippen LogP contribution in [0.25, 0.3) is 0 Å². The molecule has 1 N–H and O–H groups in total. The van der Waals surface area contributed by atoms with Crippen molar-refractivity contribution in [2.75, 3.05) is 6.61 Å².